The molecule has 1 atom stereocenters. The van der Waals surface area contributed by atoms with Gasteiger partial charge in [-0.3, -0.25) is 9.10 Å². The molecule has 1 aliphatic rings. The number of thiophene rings is 1. The summed E-state index contributed by atoms with van der Waals surface area (Å²) in [5.74, 6) is -0.0546. The Morgan fingerprint density at radius 3 is 2.68 bits per heavy atom. The summed E-state index contributed by atoms with van der Waals surface area (Å²) in [5.41, 5.74) is 3.38. The number of fused-ring (bicyclic) bond motifs is 1. The fourth-order valence-electron chi connectivity index (χ4n) is 3.31. The maximum atomic E-state index is 12.7. The van der Waals surface area contributed by atoms with Crippen LogP contribution in [0.2, 0.25) is 0 Å². The lowest BCUT2D eigenvalue weighted by molar-refractivity contribution is 0.0786. The molecule has 0 fully saturated rings. The molecule has 3 rings (SSSR count). The van der Waals surface area contributed by atoms with E-state index in [0.29, 0.717) is 24.2 Å². The van der Waals surface area contributed by atoms with E-state index in [1.54, 1.807) is 35.4 Å². The third kappa shape index (κ3) is 3.43. The Balaban J connectivity index is 1.84. The number of amides is 1. The van der Waals surface area contributed by atoms with Gasteiger partial charge >= 0.3 is 0 Å². The highest BCUT2D eigenvalue weighted by molar-refractivity contribution is 7.92. The van der Waals surface area contributed by atoms with Crippen LogP contribution in [0.4, 0.5) is 5.69 Å². The molecule has 0 saturated heterocycles. The summed E-state index contributed by atoms with van der Waals surface area (Å²) in [4.78, 5) is 15.6. The average molecular weight is 379 g/mol. The van der Waals surface area contributed by atoms with Gasteiger partial charge in [0, 0.05) is 23.5 Å². The molecule has 0 aliphatic carbocycles. The van der Waals surface area contributed by atoms with Crippen molar-refractivity contribution < 1.29 is 13.2 Å². The van der Waals surface area contributed by atoms with E-state index >= 15 is 0 Å². The van der Waals surface area contributed by atoms with Gasteiger partial charge in [0.25, 0.3) is 5.91 Å². The van der Waals surface area contributed by atoms with Crippen LogP contribution >= 0.6 is 11.3 Å². The van der Waals surface area contributed by atoms with Crippen LogP contribution in [0.1, 0.15) is 33.3 Å². The fourth-order valence-corrected chi connectivity index (χ4v) is 5.54. The van der Waals surface area contributed by atoms with Crippen molar-refractivity contribution in [2.24, 2.45) is 0 Å². The predicted octanol–water partition coefficient (Wildman–Crippen LogP) is 3.04. The average Bonchev–Trinajstić information content (AvgIpc) is 3.07. The molecule has 0 saturated carbocycles. The van der Waals surface area contributed by atoms with Gasteiger partial charge in [0.05, 0.1) is 18.5 Å². The van der Waals surface area contributed by atoms with Crippen molar-refractivity contribution in [2.45, 2.75) is 32.9 Å². The molecule has 1 amide bonds. The molecule has 134 valence electrons. The van der Waals surface area contributed by atoms with Crippen molar-refractivity contribution in [2.75, 3.05) is 17.6 Å². The van der Waals surface area contributed by atoms with Crippen molar-refractivity contribution in [1.82, 2.24) is 4.90 Å². The Hall–Kier alpha value is -1.86. The van der Waals surface area contributed by atoms with E-state index in [2.05, 4.69) is 6.07 Å². The first-order valence-electron chi connectivity index (χ1n) is 8.09. The largest absolute Gasteiger partial charge is 0.337 e. The second-order valence-electron chi connectivity index (χ2n) is 6.64. The number of hydrogen-bond donors (Lipinski definition) is 0. The summed E-state index contributed by atoms with van der Waals surface area (Å²) < 4.78 is 25.4. The molecule has 1 aromatic carbocycles. The standard InChI is InChI=1S/C18H22N2O3S2/c1-12-7-8-24-17(12)11-19(3)18(21)14-5-6-16-15(10-14)9-13(2)20(16)25(4,22)23/h5-8,10,13H,9,11H2,1-4H3/t13-/m0/s1. The van der Waals surface area contributed by atoms with E-state index in [1.807, 2.05) is 25.3 Å². The van der Waals surface area contributed by atoms with Gasteiger partial charge in [0.15, 0.2) is 0 Å². The Bertz CT molecular complexity index is 918. The van der Waals surface area contributed by atoms with E-state index in [4.69, 9.17) is 0 Å². The molecule has 5 nitrogen and oxygen atoms in total. The van der Waals surface area contributed by atoms with Crippen molar-refractivity contribution in [3.63, 3.8) is 0 Å². The second-order valence-corrected chi connectivity index (χ2v) is 9.50. The predicted molar refractivity (Wildman–Crippen MR) is 102 cm³/mol. The van der Waals surface area contributed by atoms with Crippen LogP contribution in [0.3, 0.4) is 0 Å². The summed E-state index contributed by atoms with van der Waals surface area (Å²) >= 11 is 1.65. The maximum absolute atomic E-state index is 12.7. The highest BCUT2D eigenvalue weighted by Gasteiger charge is 2.33. The Kier molecular flexibility index (Phi) is 4.64. The number of anilines is 1. The number of carbonyl (C=O) groups is 1. The van der Waals surface area contributed by atoms with Gasteiger partial charge < -0.3 is 4.90 Å². The molecule has 0 unspecified atom stereocenters. The molecule has 0 bridgehead atoms. The fraction of sp³-hybridized carbons (Fsp3) is 0.389. The number of carbonyl (C=O) groups excluding carboxylic acids is 1. The number of sulfonamides is 1. The van der Waals surface area contributed by atoms with Crippen molar-refractivity contribution in [3.8, 4) is 0 Å². The molecule has 0 radical (unpaired) electrons. The first-order valence-corrected chi connectivity index (χ1v) is 10.8. The quantitative estimate of drug-likeness (QED) is 0.822. The number of aryl methyl sites for hydroxylation is 1. The van der Waals surface area contributed by atoms with Gasteiger partial charge in [-0.05, 0) is 61.0 Å². The van der Waals surface area contributed by atoms with Crippen LogP contribution in [0.15, 0.2) is 29.6 Å². The number of rotatable bonds is 4. The Labute approximate surface area is 152 Å². The molecule has 7 heteroatoms. The summed E-state index contributed by atoms with van der Waals surface area (Å²) in [7, 11) is -1.52. The highest BCUT2D eigenvalue weighted by atomic mass is 32.2. The SMILES string of the molecule is Cc1ccsc1CN(C)C(=O)c1ccc2c(c1)C[C@H](C)N2S(C)(=O)=O. The van der Waals surface area contributed by atoms with Gasteiger partial charge in [-0.25, -0.2) is 8.42 Å². The second kappa shape index (κ2) is 6.46. The molecular weight excluding hydrogens is 356 g/mol. The molecular formula is C18H22N2O3S2. The molecule has 2 heterocycles. The third-order valence-corrected chi connectivity index (χ3v) is 6.81. The Morgan fingerprint density at radius 2 is 2.08 bits per heavy atom. The topological polar surface area (TPSA) is 57.7 Å². The van der Waals surface area contributed by atoms with Crippen molar-refractivity contribution in [3.05, 3.63) is 51.2 Å². The first kappa shape index (κ1) is 17.9. The van der Waals surface area contributed by atoms with Crippen LogP contribution < -0.4 is 4.31 Å². The van der Waals surface area contributed by atoms with Crippen LogP contribution in [0.5, 0.6) is 0 Å². The molecule has 0 spiro atoms. The maximum Gasteiger partial charge on any atom is 0.253 e. The van der Waals surface area contributed by atoms with E-state index in [1.165, 1.54) is 21.0 Å². The van der Waals surface area contributed by atoms with Crippen molar-refractivity contribution >= 4 is 33.0 Å². The van der Waals surface area contributed by atoms with Gasteiger partial charge in [0.2, 0.25) is 10.0 Å². The third-order valence-electron chi connectivity index (χ3n) is 4.53. The van der Waals surface area contributed by atoms with E-state index in [0.717, 1.165) is 5.56 Å². The summed E-state index contributed by atoms with van der Waals surface area (Å²) in [6.45, 7) is 4.50. The lowest BCUT2D eigenvalue weighted by Crippen LogP contribution is -2.34. The summed E-state index contributed by atoms with van der Waals surface area (Å²) in [6, 6.07) is 7.22. The van der Waals surface area contributed by atoms with Crippen molar-refractivity contribution in [1.29, 1.82) is 0 Å². The van der Waals surface area contributed by atoms with Gasteiger partial charge in [-0.1, -0.05) is 0 Å². The molecule has 1 aliphatic heterocycles. The minimum Gasteiger partial charge on any atom is -0.337 e. The number of hydrogen-bond acceptors (Lipinski definition) is 4. The zero-order chi connectivity index (χ0) is 18.4. The molecule has 25 heavy (non-hydrogen) atoms. The smallest absolute Gasteiger partial charge is 0.253 e. The van der Waals surface area contributed by atoms with E-state index in [-0.39, 0.29) is 11.9 Å². The normalized spacial score (nSPS) is 16.8. The molecule has 1 aromatic heterocycles. The monoisotopic (exact) mass is 378 g/mol. The zero-order valence-electron chi connectivity index (χ0n) is 14.8. The summed E-state index contributed by atoms with van der Waals surface area (Å²) in [6.07, 6.45) is 1.84. The van der Waals surface area contributed by atoms with Gasteiger partial charge in [0.1, 0.15) is 0 Å². The van der Waals surface area contributed by atoms with Gasteiger partial charge in [-0.2, -0.15) is 0 Å². The van der Waals surface area contributed by atoms with E-state index < -0.39 is 10.0 Å². The lowest BCUT2D eigenvalue weighted by Gasteiger charge is -2.22. The zero-order valence-corrected chi connectivity index (χ0v) is 16.4. The van der Waals surface area contributed by atoms with Crippen LogP contribution in [0, 0.1) is 6.92 Å². The van der Waals surface area contributed by atoms with Crippen LogP contribution in [0.25, 0.3) is 0 Å². The van der Waals surface area contributed by atoms with Crippen LogP contribution in [-0.4, -0.2) is 38.6 Å². The van der Waals surface area contributed by atoms with Crippen LogP contribution in [-0.2, 0) is 23.0 Å². The minimum absolute atomic E-state index is 0.0546. The Morgan fingerprint density at radius 1 is 1.36 bits per heavy atom. The molecule has 2 aromatic rings. The highest BCUT2D eigenvalue weighted by Crippen LogP contribution is 2.35. The summed E-state index contributed by atoms with van der Waals surface area (Å²) in [5, 5.41) is 2.03. The van der Waals surface area contributed by atoms with Gasteiger partial charge in [-0.15, -0.1) is 11.3 Å². The van der Waals surface area contributed by atoms with E-state index in [9.17, 15) is 13.2 Å². The minimum atomic E-state index is -3.31. The lowest BCUT2D eigenvalue weighted by atomic mass is 10.1. The number of nitrogens with zero attached hydrogens (tertiary/aromatic N) is 2. The number of benzene rings is 1. The first-order chi connectivity index (χ1) is 11.7. The molecule has 0 N–H and O–H groups in total.